The molecule has 7 heteroatoms. The molecule has 0 aliphatic carbocycles. The maximum Gasteiger partial charge on any atom is 0.258 e. The predicted molar refractivity (Wildman–Crippen MR) is 117 cm³/mol. The van der Waals surface area contributed by atoms with Gasteiger partial charge in [-0.15, -0.1) is 23.5 Å². The van der Waals surface area contributed by atoms with Crippen molar-refractivity contribution >= 4 is 52.6 Å². The van der Waals surface area contributed by atoms with Crippen LogP contribution < -0.4 is 10.1 Å². The molecule has 1 saturated heterocycles. The molecule has 1 aliphatic heterocycles. The van der Waals surface area contributed by atoms with Crippen molar-refractivity contribution in [2.24, 2.45) is 0 Å². The average molecular weight is 442 g/mol. The van der Waals surface area contributed by atoms with Gasteiger partial charge in [0.25, 0.3) is 5.91 Å². The first-order valence-corrected chi connectivity index (χ1v) is 11.6. The van der Waals surface area contributed by atoms with Crippen LogP contribution in [0.5, 0.6) is 5.75 Å². The van der Waals surface area contributed by atoms with E-state index in [1.165, 1.54) is 23.5 Å². The number of ether oxygens (including phenoxy) is 1. The molecular weight excluding hydrogens is 421 g/mol. The molecule has 1 amide bonds. The van der Waals surface area contributed by atoms with Crippen molar-refractivity contribution in [2.45, 2.75) is 24.0 Å². The second-order valence-corrected chi connectivity index (χ2v) is 9.79. The standard InChI is InChI=1S/C20H21Cl2NO2S2/c1-13(15-5-8-17(21)18(22)11-15)23-19(24)12-25-16-6-3-14(4-7-16)20-26-9-2-10-27-20/h3-8,11,13,20H,2,9-10,12H2,1H3,(H,23,24). The smallest absolute Gasteiger partial charge is 0.258 e. The van der Waals surface area contributed by atoms with E-state index in [1.807, 2.05) is 48.6 Å². The number of carbonyl (C=O) groups excluding carboxylic acids is 1. The van der Waals surface area contributed by atoms with Gasteiger partial charge >= 0.3 is 0 Å². The van der Waals surface area contributed by atoms with Crippen LogP contribution >= 0.6 is 46.7 Å². The van der Waals surface area contributed by atoms with Crippen LogP contribution in [0.25, 0.3) is 0 Å². The van der Waals surface area contributed by atoms with Crippen molar-refractivity contribution in [2.75, 3.05) is 18.1 Å². The highest BCUT2D eigenvalue weighted by molar-refractivity contribution is 8.16. The number of amides is 1. The van der Waals surface area contributed by atoms with Crippen LogP contribution in [0.1, 0.15) is 35.1 Å². The fraction of sp³-hybridized carbons (Fsp3) is 0.350. The summed E-state index contributed by atoms with van der Waals surface area (Å²) in [5.74, 6) is 2.94. The Labute approximate surface area is 178 Å². The minimum atomic E-state index is -0.184. The van der Waals surface area contributed by atoms with Crippen molar-refractivity contribution in [3.05, 3.63) is 63.6 Å². The third kappa shape index (κ3) is 5.98. The molecular formula is C20H21Cl2NO2S2. The maximum absolute atomic E-state index is 12.2. The first-order chi connectivity index (χ1) is 13.0. The van der Waals surface area contributed by atoms with Crippen LogP contribution in [0.4, 0.5) is 0 Å². The Morgan fingerprint density at radius 1 is 1.15 bits per heavy atom. The summed E-state index contributed by atoms with van der Waals surface area (Å²) >= 11 is 15.9. The molecule has 1 heterocycles. The molecule has 144 valence electrons. The Hall–Kier alpha value is -1.01. The summed E-state index contributed by atoms with van der Waals surface area (Å²) in [4.78, 5) is 12.2. The molecule has 3 nitrogen and oxygen atoms in total. The zero-order valence-corrected chi connectivity index (χ0v) is 18.1. The summed E-state index contributed by atoms with van der Waals surface area (Å²) in [6.07, 6.45) is 1.28. The van der Waals surface area contributed by atoms with E-state index in [0.717, 1.165) is 5.56 Å². The molecule has 1 atom stereocenters. The Morgan fingerprint density at radius 2 is 1.85 bits per heavy atom. The van der Waals surface area contributed by atoms with Gasteiger partial charge in [0.1, 0.15) is 5.75 Å². The summed E-state index contributed by atoms with van der Waals surface area (Å²) in [7, 11) is 0. The lowest BCUT2D eigenvalue weighted by atomic mass is 10.1. The summed E-state index contributed by atoms with van der Waals surface area (Å²) in [5, 5.41) is 3.87. The van der Waals surface area contributed by atoms with Gasteiger partial charge in [-0.25, -0.2) is 0 Å². The Bertz CT molecular complexity index is 780. The number of hydrogen-bond donors (Lipinski definition) is 1. The third-order valence-corrected chi connectivity index (χ3v) is 7.92. The topological polar surface area (TPSA) is 38.3 Å². The van der Waals surface area contributed by atoms with Crippen molar-refractivity contribution < 1.29 is 9.53 Å². The van der Waals surface area contributed by atoms with Gasteiger partial charge in [-0.3, -0.25) is 4.79 Å². The Balaban J connectivity index is 1.49. The highest BCUT2D eigenvalue weighted by Crippen LogP contribution is 2.43. The SMILES string of the molecule is CC(NC(=O)COc1ccc(C2SCCCS2)cc1)c1ccc(Cl)c(Cl)c1. The Kier molecular flexibility index (Phi) is 7.65. The molecule has 0 spiro atoms. The quantitative estimate of drug-likeness (QED) is 0.585. The summed E-state index contributed by atoms with van der Waals surface area (Å²) in [6.45, 7) is 1.86. The van der Waals surface area contributed by atoms with E-state index in [2.05, 4.69) is 17.4 Å². The molecule has 0 radical (unpaired) electrons. The predicted octanol–water partition coefficient (Wildman–Crippen LogP) is 6.12. The van der Waals surface area contributed by atoms with Crippen molar-refractivity contribution in [1.82, 2.24) is 5.32 Å². The van der Waals surface area contributed by atoms with Crippen LogP contribution in [0.15, 0.2) is 42.5 Å². The molecule has 2 aromatic rings. The van der Waals surface area contributed by atoms with E-state index >= 15 is 0 Å². The van der Waals surface area contributed by atoms with Gasteiger partial charge in [-0.1, -0.05) is 41.4 Å². The summed E-state index contributed by atoms with van der Waals surface area (Å²) < 4.78 is 6.12. The third-order valence-electron chi connectivity index (χ3n) is 4.17. The first-order valence-electron chi connectivity index (χ1n) is 8.73. The van der Waals surface area contributed by atoms with Crippen molar-refractivity contribution in [3.8, 4) is 5.75 Å². The molecule has 0 bridgehead atoms. The molecule has 2 aromatic carbocycles. The molecule has 27 heavy (non-hydrogen) atoms. The maximum atomic E-state index is 12.2. The monoisotopic (exact) mass is 441 g/mol. The van der Waals surface area contributed by atoms with E-state index in [1.54, 1.807) is 12.1 Å². The van der Waals surface area contributed by atoms with Gasteiger partial charge in [-0.05, 0) is 60.2 Å². The molecule has 1 N–H and O–H groups in total. The van der Waals surface area contributed by atoms with Gasteiger partial charge in [0.05, 0.1) is 20.7 Å². The molecule has 1 unspecified atom stereocenters. The number of carbonyl (C=O) groups is 1. The molecule has 1 aliphatic rings. The van der Waals surface area contributed by atoms with Crippen LogP contribution in [0, 0.1) is 0 Å². The van der Waals surface area contributed by atoms with Crippen LogP contribution in [0.3, 0.4) is 0 Å². The largest absolute Gasteiger partial charge is 0.484 e. The Morgan fingerprint density at radius 3 is 2.52 bits per heavy atom. The average Bonchev–Trinajstić information content (AvgIpc) is 2.69. The van der Waals surface area contributed by atoms with Crippen molar-refractivity contribution in [3.63, 3.8) is 0 Å². The molecule has 1 fully saturated rings. The highest BCUT2D eigenvalue weighted by Gasteiger charge is 2.16. The van der Waals surface area contributed by atoms with E-state index in [-0.39, 0.29) is 18.6 Å². The molecule has 3 rings (SSSR count). The number of hydrogen-bond acceptors (Lipinski definition) is 4. The fourth-order valence-corrected chi connectivity index (χ4v) is 5.90. The zero-order valence-electron chi connectivity index (χ0n) is 14.9. The van der Waals surface area contributed by atoms with E-state index < -0.39 is 0 Å². The minimum Gasteiger partial charge on any atom is -0.484 e. The number of rotatable bonds is 6. The lowest BCUT2D eigenvalue weighted by Crippen LogP contribution is -2.31. The van der Waals surface area contributed by atoms with Gasteiger partial charge in [0.2, 0.25) is 0 Å². The lowest BCUT2D eigenvalue weighted by Gasteiger charge is -2.21. The van der Waals surface area contributed by atoms with E-state index in [0.29, 0.717) is 20.4 Å². The summed E-state index contributed by atoms with van der Waals surface area (Å²) in [5.41, 5.74) is 2.19. The highest BCUT2D eigenvalue weighted by atomic mass is 35.5. The number of nitrogens with one attached hydrogen (secondary N) is 1. The van der Waals surface area contributed by atoms with Gasteiger partial charge in [0.15, 0.2) is 6.61 Å². The van der Waals surface area contributed by atoms with E-state index in [9.17, 15) is 4.79 Å². The zero-order chi connectivity index (χ0) is 19.2. The fourth-order valence-electron chi connectivity index (χ4n) is 2.70. The minimum absolute atomic E-state index is 0.0298. The van der Waals surface area contributed by atoms with Crippen LogP contribution in [-0.2, 0) is 4.79 Å². The number of halogens is 2. The molecule has 0 aromatic heterocycles. The lowest BCUT2D eigenvalue weighted by molar-refractivity contribution is -0.123. The number of thioether (sulfide) groups is 2. The number of benzene rings is 2. The second kappa shape index (κ2) is 9.97. The van der Waals surface area contributed by atoms with Gasteiger partial charge in [0, 0.05) is 0 Å². The first kappa shape index (κ1) is 20.7. The summed E-state index contributed by atoms with van der Waals surface area (Å²) in [6, 6.07) is 13.2. The van der Waals surface area contributed by atoms with Gasteiger partial charge < -0.3 is 10.1 Å². The van der Waals surface area contributed by atoms with Crippen LogP contribution in [-0.4, -0.2) is 24.0 Å². The second-order valence-electron chi connectivity index (χ2n) is 6.25. The van der Waals surface area contributed by atoms with Gasteiger partial charge in [-0.2, -0.15) is 0 Å². The van der Waals surface area contributed by atoms with Crippen molar-refractivity contribution in [1.29, 1.82) is 0 Å². The normalized spacial score (nSPS) is 16.0. The van der Waals surface area contributed by atoms with Crippen LogP contribution in [0.2, 0.25) is 10.0 Å². The molecule has 0 saturated carbocycles. The van der Waals surface area contributed by atoms with E-state index in [4.69, 9.17) is 27.9 Å².